The van der Waals surface area contributed by atoms with Gasteiger partial charge in [-0.05, 0) is 16.7 Å². The van der Waals surface area contributed by atoms with Gasteiger partial charge in [-0.1, -0.05) is 24.3 Å². The summed E-state index contributed by atoms with van der Waals surface area (Å²) in [7, 11) is 0. The van der Waals surface area contributed by atoms with Crippen LogP contribution in [0.2, 0.25) is 0 Å². The van der Waals surface area contributed by atoms with Crippen molar-refractivity contribution in [3.8, 4) is 5.75 Å². The Labute approximate surface area is 96.8 Å². The van der Waals surface area contributed by atoms with Gasteiger partial charge in [-0.2, -0.15) is 0 Å². The minimum atomic E-state index is 0.335. The van der Waals surface area contributed by atoms with E-state index < -0.39 is 0 Å². The predicted molar refractivity (Wildman–Crippen MR) is 64.9 cm³/mol. The molecule has 0 aromatic heterocycles. The molecule has 5 rings (SSSR count). The van der Waals surface area contributed by atoms with E-state index in [0.717, 1.165) is 23.3 Å². The first kappa shape index (κ1) is 7.96. The van der Waals surface area contributed by atoms with Gasteiger partial charge in [0.2, 0.25) is 0 Å². The molecule has 0 saturated heterocycles. The van der Waals surface area contributed by atoms with Gasteiger partial charge in [0.05, 0.1) is 0 Å². The van der Waals surface area contributed by atoms with Crippen LogP contribution in [0.1, 0.15) is 6.42 Å². The molecule has 0 saturated carbocycles. The van der Waals surface area contributed by atoms with Crippen molar-refractivity contribution >= 4 is 21.9 Å². The molecule has 2 heteroatoms. The number of aliphatic hydroxyl groups excluding tert-OH is 1. The molecule has 2 aromatic rings. The first-order valence-electron chi connectivity index (χ1n) is 5.74. The number of rotatable bonds is 0. The molecule has 2 bridgehead atoms. The average molecular weight is 220 g/mol. The Morgan fingerprint density at radius 3 is 2.94 bits per heavy atom. The Bertz CT molecular complexity index is 885. The molecule has 3 aliphatic rings. The fraction of sp³-hybridized carbons (Fsp3) is 0.0667. The molecule has 2 nitrogen and oxygen atoms in total. The van der Waals surface area contributed by atoms with E-state index in [1.54, 1.807) is 0 Å². The summed E-state index contributed by atoms with van der Waals surface area (Å²) in [6.45, 7) is 0. The molecule has 80 valence electrons. The molecule has 1 heterocycles. The van der Waals surface area contributed by atoms with Crippen LogP contribution in [0.4, 0.5) is 0 Å². The third-order valence-corrected chi connectivity index (χ3v) is 3.97. The van der Waals surface area contributed by atoms with Gasteiger partial charge in [-0.15, -0.1) is 0 Å². The van der Waals surface area contributed by atoms with Crippen LogP contribution in [-0.4, -0.2) is 5.11 Å². The second-order valence-electron chi connectivity index (χ2n) is 4.76. The predicted octanol–water partition coefficient (Wildman–Crippen LogP) is 1.72. The second kappa shape index (κ2) is 2.23. The zero-order valence-corrected chi connectivity index (χ0v) is 8.95. The lowest BCUT2D eigenvalue weighted by Gasteiger charge is -2.18. The smallest absolute Gasteiger partial charge is 0.173 e. The first-order valence-corrected chi connectivity index (χ1v) is 5.74. The highest BCUT2D eigenvalue weighted by atomic mass is 16.5. The van der Waals surface area contributed by atoms with E-state index in [2.05, 4.69) is 18.2 Å². The van der Waals surface area contributed by atoms with Gasteiger partial charge >= 0.3 is 0 Å². The molecule has 2 aromatic carbocycles. The van der Waals surface area contributed by atoms with Crippen LogP contribution < -0.4 is 15.2 Å². The third-order valence-electron chi connectivity index (χ3n) is 3.97. The summed E-state index contributed by atoms with van der Waals surface area (Å²) in [4.78, 5) is 0. The number of hydrogen-bond donors (Lipinski definition) is 1. The molecule has 2 aliphatic carbocycles. The van der Waals surface area contributed by atoms with Crippen molar-refractivity contribution in [2.45, 2.75) is 6.42 Å². The summed E-state index contributed by atoms with van der Waals surface area (Å²) >= 11 is 0. The highest BCUT2D eigenvalue weighted by molar-refractivity contribution is 6.01. The minimum Gasteiger partial charge on any atom is -0.504 e. The van der Waals surface area contributed by atoms with Gasteiger partial charge in [-0.25, -0.2) is 0 Å². The van der Waals surface area contributed by atoms with Crippen molar-refractivity contribution < 1.29 is 9.84 Å². The third kappa shape index (κ3) is 0.686. The van der Waals surface area contributed by atoms with Gasteiger partial charge < -0.3 is 9.84 Å². The molecule has 1 aliphatic heterocycles. The summed E-state index contributed by atoms with van der Waals surface area (Å²) in [6, 6.07) is 10.3. The number of ether oxygens (including phenoxy) is 1. The van der Waals surface area contributed by atoms with Crippen molar-refractivity contribution in [3.63, 3.8) is 0 Å². The van der Waals surface area contributed by atoms with Gasteiger partial charge in [0.15, 0.2) is 11.5 Å². The van der Waals surface area contributed by atoms with Gasteiger partial charge in [0.25, 0.3) is 0 Å². The summed E-state index contributed by atoms with van der Waals surface area (Å²) in [5.74, 6) is 1.88. The number of hydrogen-bond acceptors (Lipinski definition) is 2. The maximum absolute atomic E-state index is 10.1. The van der Waals surface area contributed by atoms with E-state index in [0.29, 0.717) is 11.5 Å². The Morgan fingerprint density at radius 2 is 2.00 bits per heavy atom. The minimum absolute atomic E-state index is 0.335. The normalized spacial score (nSPS) is 18.6. The second-order valence-corrected chi connectivity index (χ2v) is 4.76. The van der Waals surface area contributed by atoms with Crippen molar-refractivity contribution in [1.82, 2.24) is 0 Å². The standard InChI is InChI=1S/C15H8O2/c16-14-9-6-10-13-8(9)5-4-7-2-1-3-11(12(7)13)17-15(10)14/h1-5,16H,6H2. The lowest BCUT2D eigenvalue weighted by Crippen LogP contribution is -2.31. The van der Waals surface area contributed by atoms with E-state index in [1.165, 1.54) is 21.2 Å². The van der Waals surface area contributed by atoms with Crippen LogP contribution in [0.25, 0.3) is 21.9 Å². The van der Waals surface area contributed by atoms with E-state index in [1.807, 2.05) is 12.1 Å². The van der Waals surface area contributed by atoms with Crippen LogP contribution in [-0.2, 0) is 0 Å². The molecular weight excluding hydrogens is 212 g/mol. The summed E-state index contributed by atoms with van der Waals surface area (Å²) < 4.78 is 5.84. The van der Waals surface area contributed by atoms with Crippen molar-refractivity contribution in [2.24, 2.45) is 0 Å². The summed E-state index contributed by atoms with van der Waals surface area (Å²) in [6.07, 6.45) is 0.823. The van der Waals surface area contributed by atoms with Crippen LogP contribution in [0.5, 0.6) is 5.75 Å². The van der Waals surface area contributed by atoms with Crippen LogP contribution in [0.3, 0.4) is 0 Å². The van der Waals surface area contributed by atoms with E-state index in [4.69, 9.17) is 4.74 Å². The largest absolute Gasteiger partial charge is 0.504 e. The average Bonchev–Trinajstić information content (AvgIpc) is 2.89. The van der Waals surface area contributed by atoms with E-state index in [-0.39, 0.29) is 0 Å². The quantitative estimate of drug-likeness (QED) is 0.732. The monoisotopic (exact) mass is 220 g/mol. The van der Waals surface area contributed by atoms with E-state index >= 15 is 0 Å². The fourth-order valence-corrected chi connectivity index (χ4v) is 3.26. The Morgan fingerprint density at radius 1 is 1.06 bits per heavy atom. The number of allylic oxidation sites excluding steroid dienone is 2. The van der Waals surface area contributed by atoms with Gasteiger partial charge in [0.1, 0.15) is 5.75 Å². The number of aliphatic hydroxyl groups is 1. The molecule has 17 heavy (non-hydrogen) atoms. The molecule has 1 N–H and O–H groups in total. The highest BCUT2D eigenvalue weighted by Gasteiger charge is 2.35. The zero-order valence-electron chi connectivity index (χ0n) is 8.95. The molecule has 0 unspecified atom stereocenters. The van der Waals surface area contributed by atoms with Crippen LogP contribution >= 0.6 is 0 Å². The Balaban J connectivity index is 2.26. The topological polar surface area (TPSA) is 29.5 Å². The Kier molecular flexibility index (Phi) is 1.04. The molecule has 0 radical (unpaired) electrons. The SMILES string of the molecule is OC1=C2Oc3cccc4ccc5c(c34)=C2CC=51. The van der Waals surface area contributed by atoms with Crippen molar-refractivity contribution in [3.05, 3.63) is 52.3 Å². The van der Waals surface area contributed by atoms with Crippen LogP contribution in [0.15, 0.2) is 41.9 Å². The van der Waals surface area contributed by atoms with Crippen molar-refractivity contribution in [2.75, 3.05) is 0 Å². The molecule has 0 spiro atoms. The first-order chi connectivity index (χ1) is 8.34. The molecule has 0 fully saturated rings. The maximum Gasteiger partial charge on any atom is 0.173 e. The number of benzene rings is 2. The molecule has 0 atom stereocenters. The van der Waals surface area contributed by atoms with Gasteiger partial charge in [0, 0.05) is 28.2 Å². The maximum atomic E-state index is 10.1. The van der Waals surface area contributed by atoms with Crippen molar-refractivity contribution in [1.29, 1.82) is 0 Å². The summed E-state index contributed by atoms with van der Waals surface area (Å²) in [5, 5.41) is 15.0. The molecular formula is C15H8O2. The summed E-state index contributed by atoms with van der Waals surface area (Å²) in [5.41, 5.74) is 2.19. The van der Waals surface area contributed by atoms with E-state index in [9.17, 15) is 5.11 Å². The zero-order chi connectivity index (χ0) is 11.1. The highest BCUT2D eigenvalue weighted by Crippen LogP contribution is 2.43. The lowest BCUT2D eigenvalue weighted by molar-refractivity contribution is 0.372. The van der Waals surface area contributed by atoms with Crippen LogP contribution in [0, 0.1) is 0 Å². The number of fused-ring (bicyclic) bond motifs is 1. The van der Waals surface area contributed by atoms with Gasteiger partial charge in [-0.3, -0.25) is 0 Å². The lowest BCUT2D eigenvalue weighted by atomic mass is 10.00. The fourth-order valence-electron chi connectivity index (χ4n) is 3.26. The molecule has 0 amide bonds. The Hall–Kier alpha value is -2.22.